The molecule has 1 N–H and O–H groups in total. The van der Waals surface area contributed by atoms with Crippen LogP contribution in [0.2, 0.25) is 0 Å². The summed E-state index contributed by atoms with van der Waals surface area (Å²) in [4.78, 5) is 25.3. The van der Waals surface area contributed by atoms with Gasteiger partial charge in [0.15, 0.2) is 0 Å². The molecule has 5 heteroatoms. The molecule has 0 bridgehead atoms. The van der Waals surface area contributed by atoms with Gasteiger partial charge < -0.3 is 10.0 Å². The number of carbonyl (C=O) groups is 2. The van der Waals surface area contributed by atoms with Crippen molar-refractivity contribution >= 4 is 27.8 Å². The molecule has 2 aliphatic rings. The summed E-state index contributed by atoms with van der Waals surface area (Å²) < 4.78 is 1.04. The number of hydrogen-bond donors (Lipinski definition) is 1. The molecule has 2 fully saturated rings. The molecule has 0 radical (unpaired) electrons. The summed E-state index contributed by atoms with van der Waals surface area (Å²) in [5.41, 5.74) is 1.21. The number of likely N-dealkylation sites (tertiary alicyclic amines) is 1. The van der Waals surface area contributed by atoms with Gasteiger partial charge in [-0.25, -0.2) is 0 Å². The van der Waals surface area contributed by atoms with Crippen LogP contribution in [0.25, 0.3) is 0 Å². The Morgan fingerprint density at radius 1 is 1.24 bits per heavy atom. The second kappa shape index (κ2) is 5.79. The van der Waals surface area contributed by atoms with Gasteiger partial charge in [0.25, 0.3) is 0 Å². The van der Waals surface area contributed by atoms with Crippen molar-refractivity contribution < 1.29 is 14.7 Å². The first kappa shape index (κ1) is 14.6. The van der Waals surface area contributed by atoms with Crippen LogP contribution < -0.4 is 0 Å². The maximum Gasteiger partial charge on any atom is 0.306 e. The average Bonchev–Trinajstić information content (AvgIpc) is 3.27. The number of aliphatic carboxylic acids is 1. The molecule has 1 saturated heterocycles. The number of carbonyl (C=O) groups excluding carboxylic acids is 1. The molecular weight excluding hydrogens is 334 g/mol. The first-order valence-electron chi connectivity index (χ1n) is 7.33. The molecular formula is C16H18BrNO3. The number of benzene rings is 1. The molecule has 0 spiro atoms. The highest BCUT2D eigenvalue weighted by Crippen LogP contribution is 2.49. The molecule has 21 heavy (non-hydrogen) atoms. The normalized spacial score (nSPS) is 25.7. The Morgan fingerprint density at radius 3 is 2.57 bits per heavy atom. The number of amides is 1. The van der Waals surface area contributed by atoms with Crippen molar-refractivity contribution in [2.45, 2.75) is 25.2 Å². The van der Waals surface area contributed by atoms with Gasteiger partial charge in [-0.2, -0.15) is 0 Å². The quantitative estimate of drug-likeness (QED) is 0.910. The zero-order chi connectivity index (χ0) is 15.0. The summed E-state index contributed by atoms with van der Waals surface area (Å²) >= 11 is 3.46. The van der Waals surface area contributed by atoms with Gasteiger partial charge in [0, 0.05) is 23.5 Å². The number of carboxylic acids is 1. The molecule has 4 nitrogen and oxygen atoms in total. The van der Waals surface area contributed by atoms with Crippen LogP contribution in [0.4, 0.5) is 0 Å². The van der Waals surface area contributed by atoms with Gasteiger partial charge in [0.05, 0.1) is 5.92 Å². The molecule has 0 unspecified atom stereocenters. The predicted molar refractivity (Wildman–Crippen MR) is 81.9 cm³/mol. The lowest BCUT2D eigenvalue weighted by Gasteiger charge is -2.30. The topological polar surface area (TPSA) is 57.6 Å². The van der Waals surface area contributed by atoms with Gasteiger partial charge in [-0.15, -0.1) is 0 Å². The van der Waals surface area contributed by atoms with Crippen molar-refractivity contribution in [3.63, 3.8) is 0 Å². The van der Waals surface area contributed by atoms with Crippen LogP contribution in [0.1, 0.15) is 30.7 Å². The number of halogens is 1. The van der Waals surface area contributed by atoms with Gasteiger partial charge in [-0.1, -0.05) is 28.1 Å². The van der Waals surface area contributed by atoms with Gasteiger partial charge in [-0.05, 0) is 42.9 Å². The maximum absolute atomic E-state index is 12.5. The van der Waals surface area contributed by atoms with Crippen molar-refractivity contribution in [1.82, 2.24) is 4.90 Å². The zero-order valence-corrected chi connectivity index (χ0v) is 13.3. The van der Waals surface area contributed by atoms with E-state index < -0.39 is 5.97 Å². The van der Waals surface area contributed by atoms with E-state index in [9.17, 15) is 9.59 Å². The standard InChI is InChI=1S/C16H18BrNO3/c17-12-3-1-2-11(8-12)13-9-14(13)15(19)18-6-4-10(5-7-18)16(20)21/h1-3,8,10,13-14H,4-7,9H2,(H,20,21)/t13-,14-/m1/s1. The fourth-order valence-electron chi connectivity index (χ4n) is 3.15. The summed E-state index contributed by atoms with van der Waals surface area (Å²) in [6, 6.07) is 8.13. The fraction of sp³-hybridized carbons (Fsp3) is 0.500. The summed E-state index contributed by atoms with van der Waals surface area (Å²) in [6.07, 6.45) is 2.07. The van der Waals surface area contributed by atoms with Crippen molar-refractivity contribution in [2.75, 3.05) is 13.1 Å². The molecule has 112 valence electrons. The lowest BCUT2D eigenvalue weighted by Crippen LogP contribution is -2.41. The highest BCUT2D eigenvalue weighted by atomic mass is 79.9. The van der Waals surface area contributed by atoms with Gasteiger partial charge in [0.2, 0.25) is 5.91 Å². The number of nitrogens with zero attached hydrogens (tertiary/aromatic N) is 1. The van der Waals surface area contributed by atoms with E-state index in [-0.39, 0.29) is 17.7 Å². The average molecular weight is 352 g/mol. The van der Waals surface area contributed by atoms with E-state index in [1.165, 1.54) is 5.56 Å². The number of rotatable bonds is 3. The Kier molecular flexibility index (Phi) is 4.02. The van der Waals surface area contributed by atoms with E-state index in [2.05, 4.69) is 28.1 Å². The van der Waals surface area contributed by atoms with E-state index >= 15 is 0 Å². The minimum atomic E-state index is -0.736. The molecule has 1 heterocycles. The van der Waals surface area contributed by atoms with E-state index in [0.29, 0.717) is 31.8 Å². The number of carboxylic acid groups (broad SMARTS) is 1. The van der Waals surface area contributed by atoms with Crippen molar-refractivity contribution in [3.8, 4) is 0 Å². The van der Waals surface area contributed by atoms with Crippen LogP contribution in [0.3, 0.4) is 0 Å². The van der Waals surface area contributed by atoms with Crippen LogP contribution in [0.5, 0.6) is 0 Å². The van der Waals surface area contributed by atoms with Crippen molar-refractivity contribution in [3.05, 3.63) is 34.3 Å². The summed E-state index contributed by atoms with van der Waals surface area (Å²) in [6.45, 7) is 1.16. The van der Waals surface area contributed by atoms with E-state index in [4.69, 9.17) is 5.11 Å². The van der Waals surface area contributed by atoms with Gasteiger partial charge in [0.1, 0.15) is 0 Å². The first-order valence-corrected chi connectivity index (χ1v) is 8.12. The molecule has 1 saturated carbocycles. The van der Waals surface area contributed by atoms with E-state index in [1.807, 2.05) is 17.0 Å². The van der Waals surface area contributed by atoms with Crippen molar-refractivity contribution in [1.29, 1.82) is 0 Å². The van der Waals surface area contributed by atoms with E-state index in [0.717, 1.165) is 10.9 Å². The van der Waals surface area contributed by atoms with Gasteiger partial charge >= 0.3 is 5.97 Å². The van der Waals surface area contributed by atoms with Gasteiger partial charge in [-0.3, -0.25) is 9.59 Å². The Hall–Kier alpha value is -1.36. The highest BCUT2D eigenvalue weighted by molar-refractivity contribution is 9.10. The molecule has 1 aromatic carbocycles. The van der Waals surface area contributed by atoms with Crippen LogP contribution in [0.15, 0.2) is 28.7 Å². The molecule has 1 aromatic rings. The molecule has 3 rings (SSSR count). The third-order valence-corrected chi connectivity index (χ3v) is 5.03. The predicted octanol–water partition coefficient (Wildman–Crippen LogP) is 2.88. The smallest absolute Gasteiger partial charge is 0.306 e. The summed E-state index contributed by atoms with van der Waals surface area (Å²) in [7, 11) is 0. The summed E-state index contributed by atoms with van der Waals surface area (Å²) in [5, 5.41) is 8.99. The Labute approximate surface area is 132 Å². The number of piperidine rings is 1. The molecule has 0 aromatic heterocycles. The first-order chi connectivity index (χ1) is 10.1. The molecule has 1 aliphatic heterocycles. The van der Waals surface area contributed by atoms with Crippen LogP contribution in [-0.4, -0.2) is 35.0 Å². The SMILES string of the molecule is O=C(O)C1CCN(C(=O)[C@@H]2C[C@@H]2c2cccc(Br)c2)CC1. The van der Waals surface area contributed by atoms with Crippen LogP contribution in [-0.2, 0) is 9.59 Å². The van der Waals surface area contributed by atoms with E-state index in [1.54, 1.807) is 0 Å². The van der Waals surface area contributed by atoms with Crippen LogP contribution in [0, 0.1) is 11.8 Å². The second-order valence-corrected chi connectivity index (χ2v) is 6.86. The molecule has 1 aliphatic carbocycles. The fourth-order valence-corrected chi connectivity index (χ4v) is 3.57. The zero-order valence-electron chi connectivity index (χ0n) is 11.7. The lowest BCUT2D eigenvalue weighted by molar-refractivity contribution is -0.146. The largest absolute Gasteiger partial charge is 0.481 e. The molecule has 1 amide bonds. The highest BCUT2D eigenvalue weighted by Gasteiger charge is 2.46. The Balaban J connectivity index is 1.57. The third-order valence-electron chi connectivity index (χ3n) is 4.54. The Bertz CT molecular complexity index is 566. The maximum atomic E-state index is 12.5. The van der Waals surface area contributed by atoms with Crippen molar-refractivity contribution in [2.24, 2.45) is 11.8 Å². The molecule has 2 atom stereocenters. The third kappa shape index (κ3) is 3.12. The minimum absolute atomic E-state index is 0.0840. The number of hydrogen-bond acceptors (Lipinski definition) is 2. The monoisotopic (exact) mass is 351 g/mol. The lowest BCUT2D eigenvalue weighted by atomic mass is 9.96. The second-order valence-electron chi connectivity index (χ2n) is 5.94. The van der Waals surface area contributed by atoms with Crippen LogP contribution >= 0.6 is 15.9 Å². The summed E-state index contributed by atoms with van der Waals surface area (Å²) in [5.74, 6) is -0.411. The minimum Gasteiger partial charge on any atom is -0.481 e. The Morgan fingerprint density at radius 2 is 1.95 bits per heavy atom.